The Kier molecular flexibility index (Phi) is 14.9. The van der Waals surface area contributed by atoms with Crippen molar-refractivity contribution >= 4 is 70.4 Å². The van der Waals surface area contributed by atoms with Gasteiger partial charge in [-0.1, -0.05) is 0 Å². The molecule has 0 radical (unpaired) electrons. The molecule has 0 aliphatic heterocycles. The molecule has 5 nitrogen and oxygen atoms in total. The number of hydrogen-bond donors (Lipinski definition) is 0. The minimum atomic E-state index is 0. The molecular weight excluding hydrogens is 732 g/mol. The van der Waals surface area contributed by atoms with Crippen LogP contribution in [0.2, 0.25) is 0 Å². The van der Waals surface area contributed by atoms with Crippen LogP contribution >= 0.6 is 0 Å². The zero-order valence-corrected chi connectivity index (χ0v) is 27.9. The third-order valence-corrected chi connectivity index (χ3v) is 19.2. The van der Waals surface area contributed by atoms with Gasteiger partial charge in [-0.05, 0) is 0 Å². The van der Waals surface area contributed by atoms with Gasteiger partial charge in [0, 0.05) is 0 Å². The van der Waals surface area contributed by atoms with Crippen LogP contribution in [-0.2, 0) is 0 Å². The first-order valence-electron chi connectivity index (χ1n) is 10.9. The molecule has 4 aromatic rings. The predicted molar refractivity (Wildman–Crippen MR) is 157 cm³/mol. The smallest absolute Gasteiger partial charge is 0.412 e. The molecule has 37 heavy (non-hydrogen) atoms. The van der Waals surface area contributed by atoms with Gasteiger partial charge in [0.05, 0.1) is 0 Å². The van der Waals surface area contributed by atoms with Gasteiger partial charge in [0.2, 0.25) is 0 Å². The molecule has 0 fully saturated rings. The van der Waals surface area contributed by atoms with E-state index in [2.05, 4.69) is 48.5 Å². The second kappa shape index (κ2) is 17.6. The van der Waals surface area contributed by atoms with Crippen LogP contribution in [0.25, 0.3) is 0 Å². The average molecular weight is 762 g/mol. The normalized spacial score (nSPS) is 9.84. The Morgan fingerprint density at radius 3 is 0.622 bits per heavy atom. The molecule has 0 atom stereocenters. The van der Waals surface area contributed by atoms with Crippen molar-refractivity contribution in [3.05, 3.63) is 97.1 Å². The fraction of sp³-hybridized carbons (Fsp3) is 0.143. The monoisotopic (exact) mass is 766 g/mol. The van der Waals surface area contributed by atoms with E-state index in [1.165, 1.54) is 17.8 Å². The van der Waals surface area contributed by atoms with E-state index < -0.39 is 0 Å². The molecule has 0 aliphatic rings. The van der Waals surface area contributed by atoms with Crippen molar-refractivity contribution in [1.29, 1.82) is 0 Å². The first-order chi connectivity index (χ1) is 17.6. The summed E-state index contributed by atoms with van der Waals surface area (Å²) >= 11 is 2.09. The number of ether oxygens (including phenoxy) is 4. The molecule has 0 bridgehead atoms. The molecule has 0 unspecified atom stereocenters. The zero-order chi connectivity index (χ0) is 25.6. The summed E-state index contributed by atoms with van der Waals surface area (Å²) in [5.41, 5.74) is 0. The van der Waals surface area contributed by atoms with Crippen LogP contribution in [-0.4, -0.2) is 86.4 Å². The number of benzene rings is 4. The Morgan fingerprint density at radius 1 is 0.324 bits per heavy atom. The van der Waals surface area contributed by atoms with Crippen molar-refractivity contribution in [2.75, 3.05) is 28.4 Å². The Hall–Kier alpha value is -1.88. The van der Waals surface area contributed by atoms with E-state index in [-0.39, 0.29) is 5.48 Å². The Morgan fingerprint density at radius 2 is 0.486 bits per heavy atom. The van der Waals surface area contributed by atoms with Gasteiger partial charge in [-0.25, -0.2) is 0 Å². The Balaban J connectivity index is 0.000000253. The van der Waals surface area contributed by atoms with Crippen molar-refractivity contribution in [2.24, 2.45) is 0 Å². The van der Waals surface area contributed by atoms with Gasteiger partial charge in [-0.2, -0.15) is 0 Å². The average Bonchev–Trinajstić information content (AvgIpc) is 2.96. The summed E-state index contributed by atoms with van der Waals surface area (Å²) in [7, 11) is 6.78. The Bertz CT molecular complexity index is 963. The largest absolute Gasteiger partial charge is 0.412 e. The first-order valence-corrected chi connectivity index (χ1v) is 23.0. The molecule has 0 amide bonds. The fourth-order valence-corrected chi connectivity index (χ4v) is 14.6. The molecule has 0 saturated carbocycles. The second-order valence-electron chi connectivity index (χ2n) is 7.04. The summed E-state index contributed by atoms with van der Waals surface area (Å²) in [6.07, 6.45) is 0. The number of methoxy groups -OCH3 is 4. The third-order valence-electron chi connectivity index (χ3n) is 4.71. The van der Waals surface area contributed by atoms with Crippen LogP contribution in [0.5, 0.6) is 23.0 Å². The van der Waals surface area contributed by atoms with E-state index in [9.17, 15) is 0 Å². The van der Waals surface area contributed by atoms with Gasteiger partial charge in [-0.15, -0.1) is 0 Å². The quantitative estimate of drug-likeness (QED) is 0.228. The molecule has 4 rings (SSSR count). The minimum Gasteiger partial charge on any atom is -0.412 e. The SMILES string of the molecule is COc1ccc([Se][Se]c2ccc(OC)cc2)cc1.COc1ccc([Se][Se]c2ccc(OC)cc2)cc1.O. The van der Waals surface area contributed by atoms with Gasteiger partial charge < -0.3 is 5.48 Å². The summed E-state index contributed by atoms with van der Waals surface area (Å²) in [5.74, 6) is 3.69. The van der Waals surface area contributed by atoms with Crippen molar-refractivity contribution in [3.8, 4) is 23.0 Å². The van der Waals surface area contributed by atoms with E-state index >= 15 is 0 Å². The summed E-state index contributed by atoms with van der Waals surface area (Å²) in [5, 5.41) is 0. The Labute approximate surface area is 241 Å². The van der Waals surface area contributed by atoms with Crippen LogP contribution in [0.1, 0.15) is 0 Å². The molecule has 9 heteroatoms. The summed E-state index contributed by atoms with van der Waals surface area (Å²) in [6.45, 7) is 0. The maximum absolute atomic E-state index is 5.16. The van der Waals surface area contributed by atoms with Crippen molar-refractivity contribution in [1.82, 2.24) is 0 Å². The van der Waals surface area contributed by atoms with E-state index in [1.54, 1.807) is 28.4 Å². The van der Waals surface area contributed by atoms with E-state index in [1.807, 2.05) is 48.5 Å². The fourth-order valence-electron chi connectivity index (χ4n) is 2.72. The van der Waals surface area contributed by atoms with Crippen LogP contribution in [0.15, 0.2) is 97.1 Å². The zero-order valence-electron chi connectivity index (χ0n) is 21.0. The maximum Gasteiger partial charge on any atom is -0.412 e. The van der Waals surface area contributed by atoms with Crippen LogP contribution in [0.4, 0.5) is 0 Å². The second-order valence-corrected chi connectivity index (χ2v) is 19.7. The summed E-state index contributed by atoms with van der Waals surface area (Å²) in [4.78, 5) is 0. The van der Waals surface area contributed by atoms with Gasteiger partial charge in [0.15, 0.2) is 0 Å². The van der Waals surface area contributed by atoms with Crippen molar-refractivity contribution in [3.63, 3.8) is 0 Å². The van der Waals surface area contributed by atoms with Gasteiger partial charge in [0.25, 0.3) is 0 Å². The maximum atomic E-state index is 5.16. The van der Waals surface area contributed by atoms with Crippen molar-refractivity contribution in [2.45, 2.75) is 0 Å². The minimum absolute atomic E-state index is 0. The van der Waals surface area contributed by atoms with E-state index in [0.29, 0.717) is 52.5 Å². The van der Waals surface area contributed by atoms with Crippen LogP contribution < -0.4 is 36.8 Å². The van der Waals surface area contributed by atoms with Gasteiger partial charge in [-0.3, -0.25) is 0 Å². The molecule has 0 aliphatic carbocycles. The standard InChI is InChI=1S/2C14H14O2Se2.H2O/c2*1-15-11-3-7-13(8-4-11)17-18-14-9-5-12(16-2)6-10-14;/h2*3-10H,1-2H3;1H2. The van der Waals surface area contributed by atoms with E-state index in [0.717, 1.165) is 23.0 Å². The first kappa shape index (κ1) is 31.3. The predicted octanol–water partition coefficient (Wildman–Crippen LogP) is 1.13. The molecule has 2 N–H and O–H groups in total. The van der Waals surface area contributed by atoms with Crippen LogP contribution in [0, 0.1) is 0 Å². The van der Waals surface area contributed by atoms with Crippen molar-refractivity contribution < 1.29 is 24.4 Å². The number of hydrogen-bond acceptors (Lipinski definition) is 4. The van der Waals surface area contributed by atoms with Gasteiger partial charge >= 0.3 is 238 Å². The number of rotatable bonds is 10. The molecule has 4 aromatic carbocycles. The molecular formula is C28H30O5Se4. The third kappa shape index (κ3) is 11.2. The topological polar surface area (TPSA) is 68.4 Å². The molecule has 196 valence electrons. The molecule has 0 saturated heterocycles. The summed E-state index contributed by atoms with van der Waals surface area (Å²) < 4.78 is 26.3. The molecule has 0 aromatic heterocycles. The van der Waals surface area contributed by atoms with Gasteiger partial charge in [0.1, 0.15) is 0 Å². The molecule has 0 heterocycles. The molecule has 0 spiro atoms. The van der Waals surface area contributed by atoms with E-state index in [4.69, 9.17) is 18.9 Å². The summed E-state index contributed by atoms with van der Waals surface area (Å²) in [6, 6.07) is 33.5. The van der Waals surface area contributed by atoms with Crippen LogP contribution in [0.3, 0.4) is 0 Å².